The summed E-state index contributed by atoms with van der Waals surface area (Å²) in [7, 11) is 0. The maximum atomic E-state index is 11.8. The van der Waals surface area contributed by atoms with Crippen LogP contribution in [0.5, 0.6) is 0 Å². The molecule has 0 aliphatic carbocycles. The Labute approximate surface area is 103 Å². The SMILES string of the molecule is O=C(NOCC(O)CO)c1cccn2cccc12. The van der Waals surface area contributed by atoms with E-state index in [2.05, 4.69) is 5.48 Å². The zero-order chi connectivity index (χ0) is 13.0. The fourth-order valence-electron chi connectivity index (χ4n) is 1.57. The molecule has 6 nitrogen and oxygen atoms in total. The summed E-state index contributed by atoms with van der Waals surface area (Å²) in [6.07, 6.45) is 2.67. The highest BCUT2D eigenvalue weighted by molar-refractivity contribution is 6.00. The van der Waals surface area contributed by atoms with Crippen molar-refractivity contribution in [3.63, 3.8) is 0 Å². The van der Waals surface area contributed by atoms with Gasteiger partial charge in [-0.2, -0.15) is 0 Å². The molecule has 0 saturated carbocycles. The molecule has 0 fully saturated rings. The summed E-state index contributed by atoms with van der Waals surface area (Å²) >= 11 is 0. The second-order valence-electron chi connectivity index (χ2n) is 3.80. The van der Waals surface area contributed by atoms with Crippen LogP contribution >= 0.6 is 0 Å². The van der Waals surface area contributed by atoms with E-state index in [1.807, 2.05) is 28.9 Å². The maximum Gasteiger partial charge on any atom is 0.276 e. The average molecular weight is 250 g/mol. The highest BCUT2D eigenvalue weighted by atomic mass is 16.7. The number of aromatic nitrogens is 1. The summed E-state index contributed by atoms with van der Waals surface area (Å²) < 4.78 is 1.82. The number of carbonyl (C=O) groups is 1. The van der Waals surface area contributed by atoms with Crippen molar-refractivity contribution in [2.45, 2.75) is 6.10 Å². The van der Waals surface area contributed by atoms with Crippen molar-refractivity contribution in [2.75, 3.05) is 13.2 Å². The Morgan fingerprint density at radius 1 is 1.39 bits per heavy atom. The number of carbonyl (C=O) groups excluding carboxylic acids is 1. The fraction of sp³-hybridized carbons (Fsp3) is 0.250. The van der Waals surface area contributed by atoms with Crippen molar-refractivity contribution in [1.29, 1.82) is 0 Å². The third kappa shape index (κ3) is 2.67. The van der Waals surface area contributed by atoms with Crippen LogP contribution in [-0.4, -0.2) is 39.8 Å². The third-order valence-electron chi connectivity index (χ3n) is 2.46. The van der Waals surface area contributed by atoms with Gasteiger partial charge in [0.1, 0.15) is 12.7 Å². The minimum Gasteiger partial charge on any atom is -0.394 e. The summed E-state index contributed by atoms with van der Waals surface area (Å²) in [4.78, 5) is 16.6. The van der Waals surface area contributed by atoms with Gasteiger partial charge in [-0.3, -0.25) is 9.63 Å². The van der Waals surface area contributed by atoms with Crippen molar-refractivity contribution >= 4 is 11.4 Å². The molecule has 0 saturated heterocycles. The molecule has 0 aliphatic heterocycles. The Bertz CT molecular complexity index is 538. The smallest absolute Gasteiger partial charge is 0.276 e. The van der Waals surface area contributed by atoms with E-state index < -0.39 is 18.6 Å². The van der Waals surface area contributed by atoms with E-state index >= 15 is 0 Å². The molecule has 0 radical (unpaired) electrons. The van der Waals surface area contributed by atoms with Crippen LogP contribution in [0.1, 0.15) is 10.4 Å². The van der Waals surface area contributed by atoms with Gasteiger partial charge in [0.2, 0.25) is 0 Å². The lowest BCUT2D eigenvalue weighted by molar-refractivity contribution is -0.0294. The number of rotatable bonds is 5. The van der Waals surface area contributed by atoms with E-state index in [1.54, 1.807) is 12.1 Å². The summed E-state index contributed by atoms with van der Waals surface area (Å²) in [5.41, 5.74) is 3.46. The Morgan fingerprint density at radius 3 is 2.83 bits per heavy atom. The molecule has 2 aromatic rings. The van der Waals surface area contributed by atoms with Crippen LogP contribution < -0.4 is 5.48 Å². The molecule has 6 heteroatoms. The molecule has 0 aliphatic rings. The van der Waals surface area contributed by atoms with Crippen LogP contribution in [0.2, 0.25) is 0 Å². The lowest BCUT2D eigenvalue weighted by Crippen LogP contribution is -2.30. The number of nitrogens with one attached hydrogen (secondary N) is 1. The molecular formula is C12H14N2O4. The van der Waals surface area contributed by atoms with Gasteiger partial charge in [-0.05, 0) is 24.3 Å². The summed E-state index contributed by atoms with van der Waals surface area (Å²) in [5.74, 6) is -0.399. The van der Waals surface area contributed by atoms with E-state index in [-0.39, 0.29) is 6.61 Å². The van der Waals surface area contributed by atoms with Crippen LogP contribution in [0, 0.1) is 0 Å². The summed E-state index contributed by atoms with van der Waals surface area (Å²) in [6, 6.07) is 7.08. The van der Waals surface area contributed by atoms with Crippen LogP contribution in [-0.2, 0) is 4.84 Å². The molecule has 2 rings (SSSR count). The molecule has 0 bridgehead atoms. The van der Waals surface area contributed by atoms with Gasteiger partial charge in [-0.25, -0.2) is 5.48 Å². The number of nitrogens with zero attached hydrogens (tertiary/aromatic N) is 1. The second kappa shape index (κ2) is 5.63. The molecule has 2 aromatic heterocycles. The van der Waals surface area contributed by atoms with Crippen LogP contribution in [0.25, 0.3) is 5.52 Å². The number of aliphatic hydroxyl groups is 2. The van der Waals surface area contributed by atoms with Crippen molar-refractivity contribution in [1.82, 2.24) is 9.88 Å². The van der Waals surface area contributed by atoms with Gasteiger partial charge in [0.05, 0.1) is 17.7 Å². The fourth-order valence-corrected chi connectivity index (χ4v) is 1.57. The molecular weight excluding hydrogens is 236 g/mol. The first-order valence-corrected chi connectivity index (χ1v) is 5.49. The summed E-state index contributed by atoms with van der Waals surface area (Å²) in [6.45, 7) is -0.573. The number of amides is 1. The monoisotopic (exact) mass is 250 g/mol. The van der Waals surface area contributed by atoms with Crippen molar-refractivity contribution < 1.29 is 19.8 Å². The van der Waals surface area contributed by atoms with Crippen molar-refractivity contribution in [3.05, 3.63) is 42.2 Å². The third-order valence-corrected chi connectivity index (χ3v) is 2.46. The Balaban J connectivity index is 2.03. The Kier molecular flexibility index (Phi) is 3.93. The lowest BCUT2D eigenvalue weighted by Gasteiger charge is -2.09. The Hall–Kier alpha value is -1.89. The lowest BCUT2D eigenvalue weighted by atomic mass is 10.2. The van der Waals surface area contributed by atoms with Crippen LogP contribution in [0.4, 0.5) is 0 Å². The maximum absolute atomic E-state index is 11.8. The van der Waals surface area contributed by atoms with E-state index in [9.17, 15) is 4.79 Å². The van der Waals surface area contributed by atoms with Gasteiger partial charge in [0.25, 0.3) is 5.91 Å². The molecule has 18 heavy (non-hydrogen) atoms. The molecule has 96 valence electrons. The standard InChI is InChI=1S/C12H14N2O4/c15-7-9(16)8-18-13-12(17)10-3-1-5-14-6-2-4-11(10)14/h1-6,9,15-16H,7-8H2,(H,13,17). The number of aliphatic hydroxyl groups excluding tert-OH is 2. The molecule has 1 unspecified atom stereocenters. The number of hydrogen-bond donors (Lipinski definition) is 3. The van der Waals surface area contributed by atoms with E-state index in [0.717, 1.165) is 5.52 Å². The number of pyridine rings is 1. The predicted octanol–water partition coefficient (Wildman–Crippen LogP) is -0.0461. The summed E-state index contributed by atoms with van der Waals surface area (Å²) in [5, 5.41) is 17.6. The normalized spacial score (nSPS) is 12.6. The largest absolute Gasteiger partial charge is 0.394 e. The highest BCUT2D eigenvalue weighted by Gasteiger charge is 2.10. The van der Waals surface area contributed by atoms with Crippen LogP contribution in [0.15, 0.2) is 36.7 Å². The molecule has 0 aromatic carbocycles. The number of hydrogen-bond acceptors (Lipinski definition) is 4. The van der Waals surface area contributed by atoms with Gasteiger partial charge < -0.3 is 14.6 Å². The Morgan fingerprint density at radius 2 is 2.11 bits per heavy atom. The zero-order valence-corrected chi connectivity index (χ0v) is 9.61. The van der Waals surface area contributed by atoms with E-state index in [1.165, 1.54) is 0 Å². The van der Waals surface area contributed by atoms with Gasteiger partial charge in [-0.15, -0.1) is 0 Å². The predicted molar refractivity (Wildman–Crippen MR) is 63.9 cm³/mol. The van der Waals surface area contributed by atoms with Crippen molar-refractivity contribution in [3.8, 4) is 0 Å². The quantitative estimate of drug-likeness (QED) is 0.650. The van der Waals surface area contributed by atoms with Gasteiger partial charge >= 0.3 is 0 Å². The first-order chi connectivity index (χ1) is 8.72. The number of fused-ring (bicyclic) bond motifs is 1. The number of hydroxylamine groups is 1. The topological polar surface area (TPSA) is 83.2 Å². The average Bonchev–Trinajstić information content (AvgIpc) is 2.86. The minimum atomic E-state index is -1.01. The highest BCUT2D eigenvalue weighted by Crippen LogP contribution is 2.11. The van der Waals surface area contributed by atoms with Crippen LogP contribution in [0.3, 0.4) is 0 Å². The molecule has 2 heterocycles. The minimum absolute atomic E-state index is 0.160. The van der Waals surface area contributed by atoms with E-state index in [0.29, 0.717) is 5.56 Å². The van der Waals surface area contributed by atoms with Gasteiger partial charge in [0.15, 0.2) is 0 Å². The van der Waals surface area contributed by atoms with E-state index in [4.69, 9.17) is 15.1 Å². The van der Waals surface area contributed by atoms with Crippen molar-refractivity contribution in [2.24, 2.45) is 0 Å². The second-order valence-corrected chi connectivity index (χ2v) is 3.80. The van der Waals surface area contributed by atoms with Gasteiger partial charge in [-0.1, -0.05) is 0 Å². The molecule has 3 N–H and O–H groups in total. The zero-order valence-electron chi connectivity index (χ0n) is 9.61. The van der Waals surface area contributed by atoms with Gasteiger partial charge in [0, 0.05) is 12.4 Å². The molecule has 1 amide bonds. The molecule has 1 atom stereocenters. The first kappa shape index (κ1) is 12.6. The molecule has 0 spiro atoms. The first-order valence-electron chi connectivity index (χ1n) is 5.49.